The van der Waals surface area contributed by atoms with Crippen LogP contribution in [0.2, 0.25) is 0 Å². The summed E-state index contributed by atoms with van der Waals surface area (Å²) in [6.45, 7) is 3.50. The molecule has 0 bridgehead atoms. The summed E-state index contributed by atoms with van der Waals surface area (Å²) in [4.78, 5) is 13.6. The number of hydrogen-bond acceptors (Lipinski definition) is 3. The lowest BCUT2D eigenvalue weighted by molar-refractivity contribution is -0.131. The number of carbonyl (C=O) groups excluding carboxylic acids is 1. The van der Waals surface area contributed by atoms with Crippen molar-refractivity contribution in [2.75, 3.05) is 33.4 Å². The molecule has 2 aliphatic rings. The summed E-state index contributed by atoms with van der Waals surface area (Å²) in [7, 11) is 1.63. The molecule has 4 nitrogen and oxygen atoms in total. The second-order valence-corrected chi connectivity index (χ2v) is 4.15. The van der Waals surface area contributed by atoms with E-state index in [1.165, 1.54) is 6.42 Å². The fourth-order valence-electron chi connectivity index (χ4n) is 2.40. The van der Waals surface area contributed by atoms with Crippen molar-refractivity contribution >= 4 is 5.91 Å². The molecule has 0 spiro atoms. The summed E-state index contributed by atoms with van der Waals surface area (Å²) < 4.78 is 4.90. The van der Waals surface area contributed by atoms with Crippen molar-refractivity contribution in [2.24, 2.45) is 5.92 Å². The van der Waals surface area contributed by atoms with Gasteiger partial charge in [0.25, 0.3) is 0 Å². The minimum Gasteiger partial charge on any atom is -0.384 e. The van der Waals surface area contributed by atoms with Crippen LogP contribution >= 0.6 is 0 Å². The Bertz CT molecular complexity index is 208. The number of ether oxygens (including phenoxy) is 1. The largest absolute Gasteiger partial charge is 0.384 e. The monoisotopic (exact) mass is 198 g/mol. The molecular weight excluding hydrogens is 180 g/mol. The van der Waals surface area contributed by atoms with Crippen LogP contribution in [0.15, 0.2) is 0 Å². The van der Waals surface area contributed by atoms with Gasteiger partial charge in [0.1, 0.15) is 0 Å². The maximum absolute atomic E-state index is 11.7. The molecule has 0 aromatic rings. The van der Waals surface area contributed by atoms with E-state index in [2.05, 4.69) is 5.32 Å². The van der Waals surface area contributed by atoms with Crippen LogP contribution < -0.4 is 5.32 Å². The van der Waals surface area contributed by atoms with Crippen molar-refractivity contribution in [3.8, 4) is 0 Å². The average molecular weight is 198 g/mol. The van der Waals surface area contributed by atoms with Crippen LogP contribution in [0.4, 0.5) is 0 Å². The number of rotatable bonds is 3. The molecule has 0 aliphatic carbocycles. The molecule has 4 heteroatoms. The lowest BCUT2D eigenvalue weighted by atomic mass is 10.1. The SMILES string of the molecule is COCCC(=O)N1C[C@@H]2CCN[C@@H]2C1. The first-order valence-corrected chi connectivity index (χ1v) is 5.31. The standard InChI is InChI=1S/C10H18N2O2/c1-14-5-3-10(13)12-6-8-2-4-11-9(8)7-12/h8-9,11H,2-7H2,1H3/t8-,9+/m0/s1. The summed E-state index contributed by atoms with van der Waals surface area (Å²) in [5.74, 6) is 0.935. The third kappa shape index (κ3) is 1.91. The van der Waals surface area contributed by atoms with Crippen LogP contribution in [0, 0.1) is 5.92 Å². The summed E-state index contributed by atoms with van der Waals surface area (Å²) >= 11 is 0. The quantitative estimate of drug-likeness (QED) is 0.685. The molecule has 2 aliphatic heterocycles. The minimum atomic E-state index is 0.239. The Morgan fingerprint density at radius 1 is 1.57 bits per heavy atom. The Kier molecular flexibility index (Phi) is 3.03. The zero-order chi connectivity index (χ0) is 9.97. The summed E-state index contributed by atoms with van der Waals surface area (Å²) in [6, 6.07) is 0.557. The van der Waals surface area contributed by atoms with E-state index in [-0.39, 0.29) is 5.91 Å². The van der Waals surface area contributed by atoms with Gasteiger partial charge >= 0.3 is 0 Å². The molecule has 0 unspecified atom stereocenters. The fraction of sp³-hybridized carbons (Fsp3) is 0.900. The number of methoxy groups -OCH3 is 1. The number of amides is 1. The van der Waals surface area contributed by atoms with E-state index < -0.39 is 0 Å². The lowest BCUT2D eigenvalue weighted by Crippen LogP contribution is -2.34. The predicted octanol–water partition coefficient (Wildman–Crippen LogP) is -0.157. The van der Waals surface area contributed by atoms with E-state index in [1.807, 2.05) is 4.90 Å². The van der Waals surface area contributed by atoms with Gasteiger partial charge < -0.3 is 15.0 Å². The predicted molar refractivity (Wildman–Crippen MR) is 53.0 cm³/mol. The van der Waals surface area contributed by atoms with E-state index in [0.717, 1.165) is 19.6 Å². The van der Waals surface area contributed by atoms with Gasteiger partial charge in [-0.3, -0.25) is 4.79 Å². The van der Waals surface area contributed by atoms with Gasteiger partial charge in [-0.05, 0) is 18.9 Å². The lowest BCUT2D eigenvalue weighted by Gasteiger charge is -2.16. The molecule has 0 saturated carbocycles. The zero-order valence-electron chi connectivity index (χ0n) is 8.66. The summed E-state index contributed by atoms with van der Waals surface area (Å²) in [5.41, 5.74) is 0. The molecular formula is C10H18N2O2. The zero-order valence-corrected chi connectivity index (χ0v) is 8.66. The van der Waals surface area contributed by atoms with Crippen LogP contribution in [0.1, 0.15) is 12.8 Å². The molecule has 2 rings (SSSR count). The van der Waals surface area contributed by atoms with Crippen molar-refractivity contribution in [2.45, 2.75) is 18.9 Å². The van der Waals surface area contributed by atoms with Gasteiger partial charge in [0.2, 0.25) is 5.91 Å². The molecule has 2 heterocycles. The Morgan fingerprint density at radius 2 is 2.43 bits per heavy atom. The third-order valence-electron chi connectivity index (χ3n) is 3.24. The number of carbonyl (C=O) groups is 1. The second-order valence-electron chi connectivity index (χ2n) is 4.15. The van der Waals surface area contributed by atoms with E-state index >= 15 is 0 Å². The third-order valence-corrected chi connectivity index (χ3v) is 3.24. The number of hydrogen-bond donors (Lipinski definition) is 1. The van der Waals surface area contributed by atoms with E-state index in [4.69, 9.17) is 4.74 Å². The number of likely N-dealkylation sites (tertiary alicyclic amines) is 1. The van der Waals surface area contributed by atoms with E-state index in [0.29, 0.717) is 25.0 Å². The van der Waals surface area contributed by atoms with Crippen molar-refractivity contribution in [3.05, 3.63) is 0 Å². The van der Waals surface area contributed by atoms with Crippen LogP contribution in [0.25, 0.3) is 0 Å². The molecule has 1 amide bonds. The first kappa shape index (κ1) is 9.93. The van der Waals surface area contributed by atoms with Crippen LogP contribution in [-0.2, 0) is 9.53 Å². The first-order chi connectivity index (χ1) is 6.81. The van der Waals surface area contributed by atoms with Crippen LogP contribution in [-0.4, -0.2) is 50.2 Å². The Balaban J connectivity index is 1.80. The molecule has 1 N–H and O–H groups in total. The topological polar surface area (TPSA) is 41.6 Å². The van der Waals surface area contributed by atoms with Gasteiger partial charge in [0.05, 0.1) is 13.0 Å². The van der Waals surface area contributed by atoms with E-state index in [9.17, 15) is 4.79 Å². The first-order valence-electron chi connectivity index (χ1n) is 5.31. The molecule has 2 atom stereocenters. The van der Waals surface area contributed by atoms with Crippen molar-refractivity contribution in [1.29, 1.82) is 0 Å². The number of nitrogens with zero attached hydrogens (tertiary/aromatic N) is 1. The normalized spacial score (nSPS) is 30.8. The van der Waals surface area contributed by atoms with Crippen LogP contribution in [0.3, 0.4) is 0 Å². The van der Waals surface area contributed by atoms with Crippen molar-refractivity contribution in [3.63, 3.8) is 0 Å². The fourth-order valence-corrected chi connectivity index (χ4v) is 2.40. The average Bonchev–Trinajstić information content (AvgIpc) is 2.72. The molecule has 2 fully saturated rings. The maximum atomic E-state index is 11.7. The molecule has 80 valence electrons. The molecule has 0 radical (unpaired) electrons. The highest BCUT2D eigenvalue weighted by Gasteiger charge is 2.37. The van der Waals surface area contributed by atoms with E-state index in [1.54, 1.807) is 7.11 Å². The van der Waals surface area contributed by atoms with Gasteiger partial charge in [-0.25, -0.2) is 0 Å². The van der Waals surface area contributed by atoms with Crippen LogP contribution in [0.5, 0.6) is 0 Å². The van der Waals surface area contributed by atoms with Crippen molar-refractivity contribution in [1.82, 2.24) is 10.2 Å². The second kappa shape index (κ2) is 4.28. The molecule has 0 aromatic carbocycles. The van der Waals surface area contributed by atoms with Gasteiger partial charge in [0.15, 0.2) is 0 Å². The highest BCUT2D eigenvalue weighted by Crippen LogP contribution is 2.24. The van der Waals surface area contributed by atoms with Gasteiger partial charge in [0, 0.05) is 26.2 Å². The highest BCUT2D eigenvalue weighted by molar-refractivity contribution is 5.76. The highest BCUT2D eigenvalue weighted by atomic mass is 16.5. The summed E-state index contributed by atoms with van der Waals surface area (Å²) in [6.07, 6.45) is 1.74. The molecule has 0 aromatic heterocycles. The van der Waals surface area contributed by atoms with Crippen molar-refractivity contribution < 1.29 is 9.53 Å². The smallest absolute Gasteiger partial charge is 0.224 e. The van der Waals surface area contributed by atoms with Gasteiger partial charge in [-0.2, -0.15) is 0 Å². The molecule has 2 saturated heterocycles. The number of fused-ring (bicyclic) bond motifs is 1. The Morgan fingerprint density at radius 3 is 3.14 bits per heavy atom. The Hall–Kier alpha value is -0.610. The summed E-state index contributed by atoms with van der Waals surface area (Å²) in [5, 5.41) is 3.43. The van der Waals surface area contributed by atoms with Gasteiger partial charge in [-0.1, -0.05) is 0 Å². The molecule has 14 heavy (non-hydrogen) atoms. The Labute approximate surface area is 84.6 Å². The minimum absolute atomic E-state index is 0.239. The number of nitrogens with one attached hydrogen (secondary N) is 1. The maximum Gasteiger partial charge on any atom is 0.224 e. The van der Waals surface area contributed by atoms with Gasteiger partial charge in [-0.15, -0.1) is 0 Å².